The summed E-state index contributed by atoms with van der Waals surface area (Å²) >= 11 is 0. The van der Waals surface area contributed by atoms with Gasteiger partial charge in [-0.25, -0.2) is 23.8 Å². The first-order valence-corrected chi connectivity index (χ1v) is 12.2. The van der Waals surface area contributed by atoms with Crippen LogP contribution < -0.4 is 5.43 Å². The van der Waals surface area contributed by atoms with Crippen molar-refractivity contribution in [2.24, 2.45) is 5.10 Å². The van der Waals surface area contributed by atoms with Gasteiger partial charge in [0.1, 0.15) is 0 Å². The Morgan fingerprint density at radius 3 is 2.42 bits per heavy atom. The van der Waals surface area contributed by atoms with Crippen LogP contribution in [0.3, 0.4) is 0 Å². The average molecular weight is 469 g/mol. The lowest BCUT2D eigenvalue weighted by molar-refractivity contribution is 0.0730. The first-order chi connectivity index (χ1) is 15.8. The van der Waals surface area contributed by atoms with Crippen LogP contribution in [0.4, 0.5) is 5.95 Å². The van der Waals surface area contributed by atoms with E-state index in [9.17, 15) is 8.42 Å². The fourth-order valence-corrected chi connectivity index (χ4v) is 5.42. The van der Waals surface area contributed by atoms with Crippen LogP contribution >= 0.6 is 0 Å². The number of nitrogens with zero attached hydrogens (tertiary/aromatic N) is 5. The quantitative estimate of drug-likeness (QED) is 0.441. The van der Waals surface area contributed by atoms with E-state index in [1.807, 2.05) is 50.5 Å². The molecule has 1 N–H and O–H groups in total. The molecule has 1 aliphatic rings. The van der Waals surface area contributed by atoms with Crippen LogP contribution in [-0.4, -0.2) is 59.8 Å². The SMILES string of the molecule is Cc1cc(C)nc(N/N=C/c2cc(C)n(-c3cccc(S(=O)(=O)N4CCOCC4)c3)c2C)n1. The number of hydrogen-bond donors (Lipinski definition) is 1. The molecule has 0 bridgehead atoms. The minimum atomic E-state index is -3.57. The van der Waals surface area contributed by atoms with Gasteiger partial charge in [-0.3, -0.25) is 0 Å². The lowest BCUT2D eigenvalue weighted by atomic mass is 10.2. The van der Waals surface area contributed by atoms with Crippen LogP contribution in [0.2, 0.25) is 0 Å². The van der Waals surface area contributed by atoms with E-state index < -0.39 is 10.0 Å². The normalized spacial score (nSPS) is 15.3. The second-order valence-corrected chi connectivity index (χ2v) is 9.96. The Labute approximate surface area is 194 Å². The zero-order valence-corrected chi connectivity index (χ0v) is 20.1. The summed E-state index contributed by atoms with van der Waals surface area (Å²) in [6.45, 7) is 9.34. The Hall–Kier alpha value is -3.08. The summed E-state index contributed by atoms with van der Waals surface area (Å²) in [4.78, 5) is 8.91. The third-order valence-corrected chi connectivity index (χ3v) is 7.40. The second-order valence-electron chi connectivity index (χ2n) is 8.02. The van der Waals surface area contributed by atoms with Gasteiger partial charge in [-0.2, -0.15) is 9.41 Å². The average Bonchev–Trinajstić information content (AvgIpc) is 3.07. The summed E-state index contributed by atoms with van der Waals surface area (Å²) in [5, 5.41) is 4.29. The summed E-state index contributed by atoms with van der Waals surface area (Å²) < 4.78 is 35.0. The predicted molar refractivity (Wildman–Crippen MR) is 128 cm³/mol. The molecule has 1 aromatic carbocycles. The maximum atomic E-state index is 13.1. The Kier molecular flexibility index (Phi) is 6.59. The van der Waals surface area contributed by atoms with Crippen molar-refractivity contribution in [1.29, 1.82) is 0 Å². The van der Waals surface area contributed by atoms with Crippen LogP contribution in [0.5, 0.6) is 0 Å². The van der Waals surface area contributed by atoms with Gasteiger partial charge in [-0.1, -0.05) is 6.07 Å². The molecule has 4 rings (SSSR count). The van der Waals surface area contributed by atoms with Crippen LogP contribution in [0, 0.1) is 27.7 Å². The van der Waals surface area contributed by atoms with Crippen LogP contribution in [-0.2, 0) is 14.8 Å². The van der Waals surface area contributed by atoms with Crippen LogP contribution in [0.1, 0.15) is 28.3 Å². The van der Waals surface area contributed by atoms with E-state index in [0.717, 1.165) is 34.0 Å². The number of hydrogen-bond acceptors (Lipinski definition) is 7. The van der Waals surface area contributed by atoms with Gasteiger partial charge in [-0.05, 0) is 58.0 Å². The number of nitrogens with one attached hydrogen (secondary N) is 1. The van der Waals surface area contributed by atoms with Crippen LogP contribution in [0.25, 0.3) is 5.69 Å². The van der Waals surface area contributed by atoms with E-state index in [2.05, 4.69) is 20.5 Å². The van der Waals surface area contributed by atoms with Gasteiger partial charge in [0, 0.05) is 47.1 Å². The Balaban J connectivity index is 1.60. The topological polar surface area (TPSA) is 102 Å². The van der Waals surface area contributed by atoms with Gasteiger partial charge in [0.2, 0.25) is 16.0 Å². The number of benzene rings is 1. The molecule has 2 aromatic heterocycles. The molecule has 0 amide bonds. The molecule has 33 heavy (non-hydrogen) atoms. The first-order valence-electron chi connectivity index (χ1n) is 10.7. The molecule has 0 saturated carbocycles. The number of aromatic nitrogens is 3. The molecule has 3 heterocycles. The third-order valence-electron chi connectivity index (χ3n) is 5.50. The molecule has 0 radical (unpaired) electrons. The van der Waals surface area contributed by atoms with Gasteiger partial charge in [0.25, 0.3) is 0 Å². The summed E-state index contributed by atoms with van der Waals surface area (Å²) in [6, 6.07) is 10.9. The smallest absolute Gasteiger partial charge is 0.243 e. The molecule has 0 spiro atoms. The molecule has 1 fully saturated rings. The van der Waals surface area contributed by atoms with Gasteiger partial charge >= 0.3 is 0 Å². The minimum absolute atomic E-state index is 0.276. The number of morpholine rings is 1. The van der Waals surface area contributed by atoms with E-state index >= 15 is 0 Å². The lowest BCUT2D eigenvalue weighted by Gasteiger charge is -2.26. The monoisotopic (exact) mass is 468 g/mol. The van der Waals surface area contributed by atoms with Crippen molar-refractivity contribution < 1.29 is 13.2 Å². The first kappa shape index (κ1) is 23.1. The standard InChI is InChI=1S/C23H28N6O3S/c1-16-12-17(2)26-23(25-16)27-24-15-20-13-18(3)29(19(20)4)21-6-5-7-22(14-21)33(30,31)28-8-10-32-11-9-28/h5-7,12-15H,8-11H2,1-4H3,(H,25,26,27)/b24-15+. The second kappa shape index (κ2) is 9.42. The molecular weight excluding hydrogens is 440 g/mol. The highest BCUT2D eigenvalue weighted by Crippen LogP contribution is 2.24. The molecule has 3 aromatic rings. The van der Waals surface area contributed by atoms with E-state index in [1.165, 1.54) is 4.31 Å². The lowest BCUT2D eigenvalue weighted by Crippen LogP contribution is -2.40. The molecule has 9 nitrogen and oxygen atoms in total. The predicted octanol–water partition coefficient (Wildman–Crippen LogP) is 2.97. The Morgan fingerprint density at radius 1 is 1.03 bits per heavy atom. The maximum absolute atomic E-state index is 13.1. The van der Waals surface area contributed by atoms with E-state index in [1.54, 1.807) is 24.4 Å². The highest BCUT2D eigenvalue weighted by atomic mass is 32.2. The summed E-state index contributed by atoms with van der Waals surface area (Å²) in [6.07, 6.45) is 1.72. The highest BCUT2D eigenvalue weighted by Gasteiger charge is 2.26. The summed E-state index contributed by atoms with van der Waals surface area (Å²) in [7, 11) is -3.57. The Bertz CT molecular complexity index is 1270. The maximum Gasteiger partial charge on any atom is 0.243 e. The molecule has 0 atom stereocenters. The molecule has 0 unspecified atom stereocenters. The van der Waals surface area contributed by atoms with Crippen molar-refractivity contribution in [2.75, 3.05) is 31.7 Å². The fraction of sp³-hybridized carbons (Fsp3) is 0.348. The largest absolute Gasteiger partial charge is 0.379 e. The van der Waals surface area contributed by atoms with Crippen molar-refractivity contribution in [3.8, 4) is 5.69 Å². The van der Waals surface area contributed by atoms with E-state index in [-0.39, 0.29) is 4.90 Å². The van der Waals surface area contributed by atoms with Crippen molar-refractivity contribution in [3.05, 3.63) is 64.7 Å². The number of rotatable bonds is 6. The summed E-state index contributed by atoms with van der Waals surface area (Å²) in [5.74, 6) is 0.443. The van der Waals surface area contributed by atoms with Crippen molar-refractivity contribution >= 4 is 22.2 Å². The zero-order valence-electron chi connectivity index (χ0n) is 19.2. The van der Waals surface area contributed by atoms with E-state index in [4.69, 9.17) is 4.74 Å². The van der Waals surface area contributed by atoms with Crippen molar-refractivity contribution in [3.63, 3.8) is 0 Å². The fourth-order valence-electron chi connectivity index (χ4n) is 3.97. The van der Waals surface area contributed by atoms with Gasteiger partial charge < -0.3 is 9.30 Å². The number of sulfonamides is 1. The number of ether oxygens (including phenoxy) is 1. The molecular formula is C23H28N6O3S. The number of hydrazone groups is 1. The third kappa shape index (κ3) is 4.97. The van der Waals surface area contributed by atoms with Crippen LogP contribution in [0.15, 0.2) is 46.4 Å². The van der Waals surface area contributed by atoms with Crippen molar-refractivity contribution in [2.45, 2.75) is 32.6 Å². The van der Waals surface area contributed by atoms with Crippen molar-refractivity contribution in [1.82, 2.24) is 18.8 Å². The molecule has 0 aliphatic carbocycles. The molecule has 1 aliphatic heterocycles. The number of aryl methyl sites for hydroxylation is 3. The molecule has 10 heteroatoms. The van der Waals surface area contributed by atoms with Gasteiger partial charge in [0.05, 0.1) is 24.3 Å². The highest BCUT2D eigenvalue weighted by molar-refractivity contribution is 7.89. The molecule has 1 saturated heterocycles. The molecule has 174 valence electrons. The minimum Gasteiger partial charge on any atom is -0.379 e. The summed E-state index contributed by atoms with van der Waals surface area (Å²) in [5.41, 5.74) is 8.22. The van der Waals surface area contributed by atoms with Gasteiger partial charge in [0.15, 0.2) is 0 Å². The Morgan fingerprint density at radius 2 is 1.73 bits per heavy atom. The van der Waals surface area contributed by atoms with Gasteiger partial charge in [-0.15, -0.1) is 0 Å². The number of anilines is 1. The zero-order chi connectivity index (χ0) is 23.6. The van der Waals surface area contributed by atoms with E-state index in [0.29, 0.717) is 32.3 Å².